The van der Waals surface area contributed by atoms with Crippen LogP contribution in [0.5, 0.6) is 0 Å². The molecule has 1 heterocycles. The molecular formula is C11H13NO3. The molecule has 80 valence electrons. The number of rotatable bonds is 3. The van der Waals surface area contributed by atoms with Crippen molar-refractivity contribution in [1.29, 1.82) is 0 Å². The van der Waals surface area contributed by atoms with Crippen LogP contribution in [0.1, 0.15) is 6.42 Å². The van der Waals surface area contributed by atoms with E-state index in [9.17, 15) is 4.79 Å². The number of methoxy groups -OCH3 is 2. The fourth-order valence-electron chi connectivity index (χ4n) is 1.78. The second-order valence-electron chi connectivity index (χ2n) is 3.36. The van der Waals surface area contributed by atoms with Crippen LogP contribution in [0.2, 0.25) is 0 Å². The topological polar surface area (TPSA) is 38.8 Å². The van der Waals surface area contributed by atoms with Gasteiger partial charge in [0.15, 0.2) is 0 Å². The summed E-state index contributed by atoms with van der Waals surface area (Å²) >= 11 is 0. The maximum atomic E-state index is 11.5. The van der Waals surface area contributed by atoms with E-state index in [2.05, 4.69) is 0 Å². The van der Waals surface area contributed by atoms with Gasteiger partial charge in [0.25, 0.3) is 5.91 Å². The fraction of sp³-hybridized carbons (Fsp3) is 0.364. The second-order valence-corrected chi connectivity index (χ2v) is 3.36. The predicted molar refractivity (Wildman–Crippen MR) is 55.3 cm³/mol. The first-order chi connectivity index (χ1) is 7.23. The number of hydrogen-bond donors (Lipinski definition) is 0. The summed E-state index contributed by atoms with van der Waals surface area (Å²) in [6, 6.07) is 9.34. The van der Waals surface area contributed by atoms with Gasteiger partial charge in [-0.1, -0.05) is 18.2 Å². The average Bonchev–Trinajstić information content (AvgIpc) is 2.26. The molecule has 1 aromatic rings. The molecule has 0 radical (unpaired) electrons. The van der Waals surface area contributed by atoms with Crippen molar-refractivity contribution in [2.24, 2.45) is 0 Å². The van der Waals surface area contributed by atoms with Crippen molar-refractivity contribution in [2.75, 3.05) is 19.1 Å². The third-order valence-corrected chi connectivity index (χ3v) is 2.62. The number of carbonyl (C=O) groups excluding carboxylic acids is 1. The molecule has 1 amide bonds. The molecule has 0 aliphatic carbocycles. The maximum Gasteiger partial charge on any atom is 0.266 e. The second kappa shape index (κ2) is 3.64. The summed E-state index contributed by atoms with van der Waals surface area (Å²) in [7, 11) is 3.07. The van der Waals surface area contributed by atoms with E-state index in [0.717, 1.165) is 5.69 Å². The average molecular weight is 207 g/mol. The zero-order chi connectivity index (χ0) is 10.9. The number of anilines is 1. The molecule has 0 aromatic heterocycles. The van der Waals surface area contributed by atoms with E-state index >= 15 is 0 Å². The van der Waals surface area contributed by atoms with Gasteiger partial charge in [0.1, 0.15) is 6.42 Å². The lowest BCUT2D eigenvalue weighted by atomic mass is 10.1. The Labute approximate surface area is 88.4 Å². The Morgan fingerprint density at radius 3 is 2.27 bits per heavy atom. The largest absolute Gasteiger partial charge is 0.335 e. The Balaban J connectivity index is 2.31. The van der Waals surface area contributed by atoms with Crippen LogP contribution < -0.4 is 4.90 Å². The fourth-order valence-corrected chi connectivity index (χ4v) is 1.78. The molecule has 4 nitrogen and oxygen atoms in total. The van der Waals surface area contributed by atoms with Crippen molar-refractivity contribution in [3.05, 3.63) is 30.3 Å². The number of hydrogen-bond acceptors (Lipinski definition) is 3. The summed E-state index contributed by atoms with van der Waals surface area (Å²) in [6.07, 6.45) is 0.259. The lowest BCUT2D eigenvalue weighted by Gasteiger charge is -2.48. The van der Waals surface area contributed by atoms with Crippen LogP contribution in [0.15, 0.2) is 30.3 Å². The van der Waals surface area contributed by atoms with E-state index in [1.54, 1.807) is 0 Å². The number of nitrogens with zero attached hydrogens (tertiary/aromatic N) is 1. The van der Waals surface area contributed by atoms with E-state index in [1.807, 2.05) is 30.3 Å². The minimum atomic E-state index is -0.918. The van der Waals surface area contributed by atoms with E-state index in [-0.39, 0.29) is 12.3 Å². The first-order valence-electron chi connectivity index (χ1n) is 4.72. The number of amides is 1. The molecule has 0 unspecified atom stereocenters. The monoisotopic (exact) mass is 207 g/mol. The Morgan fingerprint density at radius 1 is 1.20 bits per heavy atom. The highest BCUT2D eigenvalue weighted by Crippen LogP contribution is 2.37. The van der Waals surface area contributed by atoms with Crippen LogP contribution in [0, 0.1) is 0 Å². The summed E-state index contributed by atoms with van der Waals surface area (Å²) in [5, 5.41) is 0. The molecule has 2 rings (SSSR count). The predicted octanol–water partition coefficient (Wildman–Crippen LogP) is 1.37. The first-order valence-corrected chi connectivity index (χ1v) is 4.72. The Kier molecular flexibility index (Phi) is 2.46. The van der Waals surface area contributed by atoms with Crippen molar-refractivity contribution in [3.63, 3.8) is 0 Å². The highest BCUT2D eigenvalue weighted by molar-refractivity contribution is 6.01. The van der Waals surface area contributed by atoms with Crippen LogP contribution in [-0.2, 0) is 14.3 Å². The highest BCUT2D eigenvalue weighted by atomic mass is 16.7. The number of β-lactam (4-membered cyclic amide) rings is 1. The Hall–Kier alpha value is -1.39. The summed E-state index contributed by atoms with van der Waals surface area (Å²) in [5.41, 5.74) is 0.789. The molecule has 1 aliphatic rings. The SMILES string of the molecule is COC1(OC)CC(=O)N1c1ccccc1. The molecule has 0 spiro atoms. The standard InChI is InChI=1S/C11H13NO3/c1-14-11(15-2)8-10(13)12(11)9-6-4-3-5-7-9/h3-7H,8H2,1-2H3. The van der Waals surface area contributed by atoms with Gasteiger partial charge in [-0.2, -0.15) is 0 Å². The molecule has 1 aromatic carbocycles. The zero-order valence-corrected chi connectivity index (χ0v) is 8.77. The highest BCUT2D eigenvalue weighted by Gasteiger charge is 2.53. The van der Waals surface area contributed by atoms with Gasteiger partial charge in [0.05, 0.1) is 0 Å². The van der Waals surface area contributed by atoms with Crippen LogP contribution in [0.25, 0.3) is 0 Å². The van der Waals surface area contributed by atoms with E-state index in [4.69, 9.17) is 9.47 Å². The van der Waals surface area contributed by atoms with Gasteiger partial charge in [-0.15, -0.1) is 0 Å². The third kappa shape index (κ3) is 1.42. The van der Waals surface area contributed by atoms with Gasteiger partial charge in [-0.3, -0.25) is 9.69 Å². The minimum absolute atomic E-state index is 0.00454. The van der Waals surface area contributed by atoms with Crippen LogP contribution in [0.4, 0.5) is 5.69 Å². The van der Waals surface area contributed by atoms with Crippen LogP contribution in [0.3, 0.4) is 0 Å². The maximum absolute atomic E-state index is 11.5. The molecule has 0 N–H and O–H groups in total. The van der Waals surface area contributed by atoms with Gasteiger partial charge in [-0.25, -0.2) is 0 Å². The third-order valence-electron chi connectivity index (χ3n) is 2.62. The van der Waals surface area contributed by atoms with Crippen molar-refractivity contribution in [2.45, 2.75) is 12.3 Å². The molecule has 0 saturated carbocycles. The van der Waals surface area contributed by atoms with Crippen molar-refractivity contribution in [3.8, 4) is 0 Å². The summed E-state index contributed by atoms with van der Waals surface area (Å²) in [5.74, 6) is -0.914. The molecule has 15 heavy (non-hydrogen) atoms. The van der Waals surface area contributed by atoms with Crippen molar-refractivity contribution < 1.29 is 14.3 Å². The van der Waals surface area contributed by atoms with Gasteiger partial charge < -0.3 is 9.47 Å². The Bertz CT molecular complexity index is 359. The first kappa shape index (κ1) is 10.1. The normalized spacial score (nSPS) is 18.8. The molecule has 0 atom stereocenters. The number of ether oxygens (including phenoxy) is 2. The summed E-state index contributed by atoms with van der Waals surface area (Å²) in [6.45, 7) is 0. The summed E-state index contributed by atoms with van der Waals surface area (Å²) in [4.78, 5) is 13.1. The Morgan fingerprint density at radius 2 is 1.80 bits per heavy atom. The van der Waals surface area contributed by atoms with E-state index in [1.165, 1.54) is 19.1 Å². The molecule has 4 heteroatoms. The summed E-state index contributed by atoms with van der Waals surface area (Å²) < 4.78 is 10.5. The molecule has 1 aliphatic heterocycles. The molecule has 1 fully saturated rings. The molecular weight excluding hydrogens is 194 g/mol. The van der Waals surface area contributed by atoms with Gasteiger partial charge in [0, 0.05) is 19.9 Å². The lowest BCUT2D eigenvalue weighted by molar-refractivity contribution is -0.234. The van der Waals surface area contributed by atoms with Crippen molar-refractivity contribution >= 4 is 11.6 Å². The molecule has 1 saturated heterocycles. The van der Waals surface area contributed by atoms with Gasteiger partial charge >= 0.3 is 0 Å². The number of carbonyl (C=O) groups is 1. The van der Waals surface area contributed by atoms with E-state index < -0.39 is 5.91 Å². The smallest absolute Gasteiger partial charge is 0.266 e. The van der Waals surface area contributed by atoms with Gasteiger partial charge in [0.2, 0.25) is 5.91 Å². The number of para-hydroxylation sites is 1. The van der Waals surface area contributed by atoms with Crippen LogP contribution >= 0.6 is 0 Å². The lowest BCUT2D eigenvalue weighted by Crippen LogP contribution is -2.66. The molecule has 0 bridgehead atoms. The van der Waals surface area contributed by atoms with E-state index in [0.29, 0.717) is 0 Å². The van der Waals surface area contributed by atoms with Crippen LogP contribution in [-0.4, -0.2) is 26.0 Å². The quantitative estimate of drug-likeness (QED) is 0.555. The van der Waals surface area contributed by atoms with Gasteiger partial charge in [-0.05, 0) is 12.1 Å². The van der Waals surface area contributed by atoms with Crippen molar-refractivity contribution in [1.82, 2.24) is 0 Å². The zero-order valence-electron chi connectivity index (χ0n) is 8.77. The minimum Gasteiger partial charge on any atom is -0.335 e. The number of benzene rings is 1.